The first-order valence-electron chi connectivity index (χ1n) is 7.07. The van der Waals surface area contributed by atoms with E-state index in [9.17, 15) is 0 Å². The molecule has 2 heterocycles. The Balaban J connectivity index is 1.97. The minimum Gasteiger partial charge on any atom is -0.456 e. The van der Waals surface area contributed by atoms with Gasteiger partial charge in [0.15, 0.2) is 0 Å². The monoisotopic (exact) mass is 322 g/mol. The van der Waals surface area contributed by atoms with Gasteiger partial charge in [0.2, 0.25) is 0 Å². The van der Waals surface area contributed by atoms with Crippen LogP contribution in [0.1, 0.15) is 0 Å². The summed E-state index contributed by atoms with van der Waals surface area (Å²) in [4.78, 5) is 0. The van der Waals surface area contributed by atoms with Gasteiger partial charge in [0.1, 0.15) is 23.0 Å². The van der Waals surface area contributed by atoms with Crippen LogP contribution in [0.15, 0.2) is 66.7 Å². The van der Waals surface area contributed by atoms with Crippen LogP contribution in [-0.4, -0.2) is 0 Å². The van der Waals surface area contributed by atoms with Gasteiger partial charge in [0.05, 0.1) is 11.3 Å². The molecule has 2 aliphatic rings. The summed E-state index contributed by atoms with van der Waals surface area (Å²) in [6.07, 6.45) is 0. The standard InChI is InChI=1S/C18H11O2PS/c22-21-16-10-3-1-6-12(16)19-14-8-5-9-15(18(14)21)20-13-7-2-4-11-17(13)21/h1-11H. The minimum absolute atomic E-state index is 0.828. The molecule has 2 aliphatic heterocycles. The zero-order valence-corrected chi connectivity index (χ0v) is 13.2. The molecule has 0 fully saturated rings. The average molecular weight is 322 g/mol. The van der Waals surface area contributed by atoms with Crippen molar-refractivity contribution in [2.45, 2.75) is 0 Å². The number of hydrogen-bond donors (Lipinski definition) is 0. The van der Waals surface area contributed by atoms with Gasteiger partial charge >= 0.3 is 0 Å². The molecule has 0 spiro atoms. The molecule has 2 nitrogen and oxygen atoms in total. The lowest BCUT2D eigenvalue weighted by atomic mass is 10.3. The number of para-hydroxylation sites is 2. The zero-order valence-electron chi connectivity index (χ0n) is 11.5. The Kier molecular flexibility index (Phi) is 2.39. The van der Waals surface area contributed by atoms with Crippen molar-refractivity contribution in [2.75, 3.05) is 0 Å². The van der Waals surface area contributed by atoms with Crippen molar-refractivity contribution in [3.63, 3.8) is 0 Å². The van der Waals surface area contributed by atoms with Crippen LogP contribution in [0.5, 0.6) is 23.0 Å². The van der Waals surface area contributed by atoms with Gasteiger partial charge < -0.3 is 9.47 Å². The Hall–Kier alpha value is -2.09. The van der Waals surface area contributed by atoms with Crippen molar-refractivity contribution >= 4 is 33.8 Å². The van der Waals surface area contributed by atoms with Gasteiger partial charge in [-0.3, -0.25) is 0 Å². The van der Waals surface area contributed by atoms with E-state index in [-0.39, 0.29) is 0 Å². The Morgan fingerprint density at radius 1 is 0.591 bits per heavy atom. The highest BCUT2D eigenvalue weighted by Gasteiger charge is 2.41. The fourth-order valence-corrected chi connectivity index (χ4v) is 7.69. The number of benzene rings is 3. The lowest BCUT2D eigenvalue weighted by Gasteiger charge is -2.37. The van der Waals surface area contributed by atoms with Crippen LogP contribution in [0.3, 0.4) is 0 Å². The number of rotatable bonds is 0. The maximum absolute atomic E-state index is 6.31. The molecule has 0 aromatic heterocycles. The normalized spacial score (nSPS) is 15.6. The molecular formula is C18H11O2PS. The molecule has 0 unspecified atom stereocenters. The van der Waals surface area contributed by atoms with E-state index < -0.39 is 6.04 Å². The molecule has 0 radical (unpaired) electrons. The van der Waals surface area contributed by atoms with Crippen LogP contribution >= 0.6 is 6.04 Å². The Morgan fingerprint density at radius 3 is 1.59 bits per heavy atom. The van der Waals surface area contributed by atoms with E-state index >= 15 is 0 Å². The predicted octanol–water partition coefficient (Wildman–Crippen LogP) is 3.65. The van der Waals surface area contributed by atoms with E-state index in [1.54, 1.807) is 0 Å². The highest BCUT2D eigenvalue weighted by Crippen LogP contribution is 2.58. The topological polar surface area (TPSA) is 18.5 Å². The Bertz CT molecular complexity index is 909. The van der Waals surface area contributed by atoms with Gasteiger partial charge in [-0.25, -0.2) is 0 Å². The highest BCUT2D eigenvalue weighted by molar-refractivity contribution is 8.26. The lowest BCUT2D eigenvalue weighted by molar-refractivity contribution is 0.466. The first kappa shape index (κ1) is 12.5. The van der Waals surface area contributed by atoms with Crippen molar-refractivity contribution in [1.82, 2.24) is 0 Å². The molecule has 0 saturated heterocycles. The van der Waals surface area contributed by atoms with Gasteiger partial charge in [-0.05, 0) is 36.4 Å². The second-order valence-electron chi connectivity index (χ2n) is 5.35. The lowest BCUT2D eigenvalue weighted by Crippen LogP contribution is -2.34. The molecule has 3 aromatic carbocycles. The summed E-state index contributed by atoms with van der Waals surface area (Å²) in [6.45, 7) is 0. The molecule has 0 N–H and O–H groups in total. The predicted molar refractivity (Wildman–Crippen MR) is 92.7 cm³/mol. The van der Waals surface area contributed by atoms with Crippen molar-refractivity contribution < 1.29 is 9.47 Å². The van der Waals surface area contributed by atoms with E-state index in [2.05, 4.69) is 12.1 Å². The maximum Gasteiger partial charge on any atom is 0.140 e. The zero-order chi connectivity index (χ0) is 14.7. The van der Waals surface area contributed by atoms with Crippen molar-refractivity contribution in [1.29, 1.82) is 0 Å². The van der Waals surface area contributed by atoms with Crippen LogP contribution in [0.2, 0.25) is 0 Å². The SMILES string of the molecule is S=P12c3ccccc3Oc3cccc(c31)Oc1ccccc12. The smallest absolute Gasteiger partial charge is 0.140 e. The second kappa shape index (κ2) is 4.22. The molecule has 3 aromatic rings. The summed E-state index contributed by atoms with van der Waals surface area (Å²) in [6, 6.07) is 20.0. The number of fused-ring (bicyclic) bond motifs is 4. The molecule has 22 heavy (non-hydrogen) atoms. The van der Waals surface area contributed by atoms with E-state index in [0.717, 1.165) is 38.9 Å². The van der Waals surface area contributed by atoms with Crippen LogP contribution < -0.4 is 25.4 Å². The van der Waals surface area contributed by atoms with Crippen LogP contribution in [-0.2, 0) is 11.8 Å². The Morgan fingerprint density at radius 2 is 1.05 bits per heavy atom. The molecule has 0 saturated carbocycles. The molecule has 106 valence electrons. The first-order chi connectivity index (χ1) is 10.8. The van der Waals surface area contributed by atoms with E-state index in [0.29, 0.717) is 0 Å². The van der Waals surface area contributed by atoms with Crippen LogP contribution in [0, 0.1) is 0 Å². The van der Waals surface area contributed by atoms with Gasteiger partial charge in [0.25, 0.3) is 0 Å². The molecule has 0 aliphatic carbocycles. The number of hydrogen-bond acceptors (Lipinski definition) is 3. The molecule has 0 amide bonds. The van der Waals surface area contributed by atoms with Gasteiger partial charge in [-0.2, -0.15) is 0 Å². The van der Waals surface area contributed by atoms with E-state index in [4.69, 9.17) is 21.3 Å². The summed E-state index contributed by atoms with van der Waals surface area (Å²) < 4.78 is 12.2. The summed E-state index contributed by atoms with van der Waals surface area (Å²) in [7, 11) is 0. The molecular weight excluding hydrogens is 311 g/mol. The molecule has 4 heteroatoms. The second-order valence-corrected chi connectivity index (χ2v) is 9.62. The fourth-order valence-electron chi connectivity index (χ4n) is 3.19. The van der Waals surface area contributed by atoms with Crippen molar-refractivity contribution in [3.8, 4) is 23.0 Å². The summed E-state index contributed by atoms with van der Waals surface area (Å²) in [5, 5.41) is 3.27. The largest absolute Gasteiger partial charge is 0.456 e. The minimum atomic E-state index is -2.13. The number of ether oxygens (including phenoxy) is 2. The summed E-state index contributed by atoms with van der Waals surface area (Å²) >= 11 is 6.31. The van der Waals surface area contributed by atoms with Crippen LogP contribution in [0.25, 0.3) is 0 Å². The first-order valence-corrected chi connectivity index (χ1v) is 9.87. The van der Waals surface area contributed by atoms with Gasteiger partial charge in [-0.1, -0.05) is 42.1 Å². The maximum atomic E-state index is 6.31. The Labute approximate surface area is 133 Å². The summed E-state index contributed by atoms with van der Waals surface area (Å²) in [5.41, 5.74) is 0. The van der Waals surface area contributed by atoms with Crippen LogP contribution in [0.4, 0.5) is 0 Å². The van der Waals surface area contributed by atoms with Gasteiger partial charge in [0, 0.05) is 10.6 Å². The third-order valence-electron chi connectivity index (χ3n) is 4.13. The van der Waals surface area contributed by atoms with E-state index in [1.807, 2.05) is 54.6 Å². The quantitative estimate of drug-likeness (QED) is 0.406. The highest BCUT2D eigenvalue weighted by atomic mass is 32.4. The molecule has 5 rings (SSSR count). The molecule has 0 atom stereocenters. The molecule has 0 bridgehead atoms. The average Bonchev–Trinajstić information content (AvgIpc) is 2.55. The third-order valence-corrected chi connectivity index (χ3v) is 9.02. The third kappa shape index (κ3) is 1.43. The van der Waals surface area contributed by atoms with Gasteiger partial charge in [-0.15, -0.1) is 0 Å². The fraction of sp³-hybridized carbons (Fsp3) is 0. The van der Waals surface area contributed by atoms with Crippen molar-refractivity contribution in [3.05, 3.63) is 66.7 Å². The summed E-state index contributed by atoms with van der Waals surface area (Å²) in [5.74, 6) is 3.39. The van der Waals surface area contributed by atoms with E-state index in [1.165, 1.54) is 0 Å². The van der Waals surface area contributed by atoms with Crippen molar-refractivity contribution in [2.24, 2.45) is 0 Å².